The first-order valence-corrected chi connectivity index (χ1v) is 6.84. The fourth-order valence-corrected chi connectivity index (χ4v) is 2.60. The Morgan fingerprint density at radius 2 is 2.06 bits per heavy atom. The van der Waals surface area contributed by atoms with Crippen LogP contribution in [-0.2, 0) is 6.42 Å². The quantitative estimate of drug-likeness (QED) is 0.870. The monoisotopic (exact) mass is 294 g/mol. The molecule has 1 saturated heterocycles. The summed E-state index contributed by atoms with van der Waals surface area (Å²) in [6.07, 6.45) is 5.57. The molecule has 4 nitrogen and oxygen atoms in total. The second-order valence-corrected chi connectivity index (χ2v) is 5.39. The van der Waals surface area contributed by atoms with Crippen LogP contribution in [0.25, 0.3) is 5.65 Å². The van der Waals surface area contributed by atoms with Crippen molar-refractivity contribution in [2.45, 2.75) is 19.3 Å². The van der Waals surface area contributed by atoms with Crippen LogP contribution in [-0.4, -0.2) is 39.1 Å². The molecule has 0 radical (unpaired) electrons. The number of hydrogen-bond acceptors (Lipinski definition) is 3. The maximum absolute atomic E-state index is 4.52. The summed E-state index contributed by atoms with van der Waals surface area (Å²) in [5.41, 5.74) is 0.921. The average molecular weight is 295 g/mol. The second kappa shape index (κ2) is 4.74. The summed E-state index contributed by atoms with van der Waals surface area (Å²) in [5, 5.41) is 4.48. The molecule has 1 aliphatic rings. The predicted molar refractivity (Wildman–Crippen MR) is 70.1 cm³/mol. The molecular formula is C12H15BrN4. The van der Waals surface area contributed by atoms with Crippen molar-refractivity contribution in [1.29, 1.82) is 0 Å². The summed E-state index contributed by atoms with van der Waals surface area (Å²) in [5.74, 6) is 0.940. The molecule has 3 rings (SSSR count). The van der Waals surface area contributed by atoms with E-state index in [2.05, 4.69) is 30.9 Å². The molecule has 0 aromatic carbocycles. The summed E-state index contributed by atoms with van der Waals surface area (Å²) in [6, 6.07) is 3.98. The van der Waals surface area contributed by atoms with Crippen LogP contribution in [0.3, 0.4) is 0 Å². The molecule has 0 bridgehead atoms. The van der Waals surface area contributed by atoms with Crippen LogP contribution >= 0.6 is 15.9 Å². The number of aromatic nitrogens is 3. The molecule has 0 aliphatic carbocycles. The highest BCUT2D eigenvalue weighted by molar-refractivity contribution is 9.10. The zero-order valence-corrected chi connectivity index (χ0v) is 11.2. The smallest absolute Gasteiger partial charge is 0.155 e. The topological polar surface area (TPSA) is 33.4 Å². The van der Waals surface area contributed by atoms with Crippen molar-refractivity contribution >= 4 is 21.6 Å². The van der Waals surface area contributed by atoms with Crippen molar-refractivity contribution in [3.05, 3.63) is 28.6 Å². The number of halogens is 1. The van der Waals surface area contributed by atoms with E-state index >= 15 is 0 Å². The highest BCUT2D eigenvalue weighted by Crippen LogP contribution is 2.12. The number of rotatable bonds is 3. The molecule has 1 fully saturated rings. The highest BCUT2D eigenvalue weighted by Gasteiger charge is 2.12. The van der Waals surface area contributed by atoms with Gasteiger partial charge in [0.05, 0.1) is 0 Å². The van der Waals surface area contributed by atoms with Gasteiger partial charge in [-0.1, -0.05) is 0 Å². The summed E-state index contributed by atoms with van der Waals surface area (Å²) in [6.45, 7) is 3.55. The number of likely N-dealkylation sites (tertiary alicyclic amines) is 1. The van der Waals surface area contributed by atoms with Crippen molar-refractivity contribution in [2.24, 2.45) is 0 Å². The summed E-state index contributed by atoms with van der Waals surface area (Å²) < 4.78 is 2.87. The van der Waals surface area contributed by atoms with Gasteiger partial charge in [-0.2, -0.15) is 5.10 Å². The Balaban J connectivity index is 1.72. The molecule has 0 saturated carbocycles. The van der Waals surface area contributed by atoms with Crippen LogP contribution in [0.1, 0.15) is 18.7 Å². The Hall–Kier alpha value is -0.940. The first kappa shape index (κ1) is 11.2. The SMILES string of the molecule is Brc1ccc2nc(CCN3CCCC3)nn2c1. The molecule has 90 valence electrons. The van der Waals surface area contributed by atoms with Crippen molar-refractivity contribution in [3.63, 3.8) is 0 Å². The Morgan fingerprint density at radius 1 is 1.24 bits per heavy atom. The minimum absolute atomic E-state index is 0.921. The van der Waals surface area contributed by atoms with Crippen LogP contribution < -0.4 is 0 Å². The molecular weight excluding hydrogens is 280 g/mol. The summed E-state index contributed by atoms with van der Waals surface area (Å²) >= 11 is 3.44. The normalized spacial score (nSPS) is 17.0. The van der Waals surface area contributed by atoms with Gasteiger partial charge in [0.25, 0.3) is 0 Å². The first-order chi connectivity index (χ1) is 8.31. The molecule has 1 aliphatic heterocycles. The Kier molecular flexibility index (Phi) is 3.11. The van der Waals surface area contributed by atoms with E-state index in [0.29, 0.717) is 0 Å². The zero-order chi connectivity index (χ0) is 11.7. The molecule has 5 heteroatoms. The second-order valence-electron chi connectivity index (χ2n) is 4.48. The third-order valence-electron chi connectivity index (χ3n) is 3.19. The fraction of sp³-hybridized carbons (Fsp3) is 0.500. The van der Waals surface area contributed by atoms with Gasteiger partial charge < -0.3 is 4.90 Å². The number of fused-ring (bicyclic) bond motifs is 1. The first-order valence-electron chi connectivity index (χ1n) is 6.04. The lowest BCUT2D eigenvalue weighted by Gasteiger charge is -2.12. The van der Waals surface area contributed by atoms with Gasteiger partial charge >= 0.3 is 0 Å². The Labute approximate surface area is 109 Å². The molecule has 0 spiro atoms. The largest absolute Gasteiger partial charge is 0.303 e. The third kappa shape index (κ3) is 2.50. The van der Waals surface area contributed by atoms with Crippen molar-refractivity contribution in [1.82, 2.24) is 19.5 Å². The van der Waals surface area contributed by atoms with E-state index in [4.69, 9.17) is 0 Å². The molecule has 0 N–H and O–H groups in total. The van der Waals surface area contributed by atoms with E-state index in [1.165, 1.54) is 25.9 Å². The minimum Gasteiger partial charge on any atom is -0.303 e. The zero-order valence-electron chi connectivity index (χ0n) is 9.64. The van der Waals surface area contributed by atoms with Crippen molar-refractivity contribution in [3.8, 4) is 0 Å². The third-order valence-corrected chi connectivity index (χ3v) is 3.66. The van der Waals surface area contributed by atoms with Gasteiger partial charge in [0.15, 0.2) is 11.5 Å². The molecule has 0 unspecified atom stereocenters. The highest BCUT2D eigenvalue weighted by atomic mass is 79.9. The lowest BCUT2D eigenvalue weighted by atomic mass is 10.4. The fourth-order valence-electron chi connectivity index (χ4n) is 2.27. The Bertz CT molecular complexity index is 516. The van der Waals surface area contributed by atoms with Crippen molar-refractivity contribution in [2.75, 3.05) is 19.6 Å². The summed E-state index contributed by atoms with van der Waals surface area (Å²) in [7, 11) is 0. The van der Waals surface area contributed by atoms with Gasteiger partial charge in [-0.15, -0.1) is 0 Å². The van der Waals surface area contributed by atoms with E-state index in [9.17, 15) is 0 Å². The van der Waals surface area contributed by atoms with Crippen LogP contribution in [0.5, 0.6) is 0 Å². The number of nitrogens with zero attached hydrogens (tertiary/aromatic N) is 4. The van der Waals surface area contributed by atoms with E-state index in [1.54, 1.807) is 0 Å². The average Bonchev–Trinajstić information content (AvgIpc) is 2.94. The van der Waals surface area contributed by atoms with Gasteiger partial charge in [0.1, 0.15) is 0 Å². The van der Waals surface area contributed by atoms with Gasteiger partial charge in [-0.3, -0.25) is 0 Å². The standard InChI is InChI=1S/C12H15BrN4/c13-10-3-4-12-14-11(15-17(12)9-10)5-8-16-6-1-2-7-16/h3-4,9H,1-2,5-8H2. The maximum atomic E-state index is 4.52. The van der Waals surface area contributed by atoms with Gasteiger partial charge in [0.2, 0.25) is 0 Å². The van der Waals surface area contributed by atoms with E-state index in [0.717, 1.165) is 28.9 Å². The molecule has 2 aromatic heterocycles. The van der Waals surface area contributed by atoms with Crippen LogP contribution in [0.4, 0.5) is 0 Å². The van der Waals surface area contributed by atoms with E-state index < -0.39 is 0 Å². The van der Waals surface area contributed by atoms with Crippen LogP contribution in [0, 0.1) is 0 Å². The minimum atomic E-state index is 0.921. The van der Waals surface area contributed by atoms with Gasteiger partial charge in [-0.05, 0) is 54.0 Å². The predicted octanol–water partition coefficient (Wildman–Crippen LogP) is 2.13. The van der Waals surface area contributed by atoms with E-state index in [1.807, 2.05) is 22.8 Å². The van der Waals surface area contributed by atoms with Crippen LogP contribution in [0.15, 0.2) is 22.8 Å². The molecule has 0 atom stereocenters. The molecule has 0 amide bonds. The van der Waals surface area contributed by atoms with Crippen molar-refractivity contribution < 1.29 is 0 Å². The van der Waals surface area contributed by atoms with Gasteiger partial charge in [0, 0.05) is 23.6 Å². The lowest BCUT2D eigenvalue weighted by Crippen LogP contribution is -2.22. The summed E-state index contributed by atoms with van der Waals surface area (Å²) in [4.78, 5) is 7.01. The molecule has 2 aromatic rings. The maximum Gasteiger partial charge on any atom is 0.155 e. The lowest BCUT2D eigenvalue weighted by molar-refractivity contribution is 0.341. The molecule has 3 heterocycles. The van der Waals surface area contributed by atoms with Gasteiger partial charge in [-0.25, -0.2) is 9.50 Å². The van der Waals surface area contributed by atoms with Crippen LogP contribution in [0.2, 0.25) is 0 Å². The van der Waals surface area contributed by atoms with E-state index in [-0.39, 0.29) is 0 Å². The Morgan fingerprint density at radius 3 is 2.88 bits per heavy atom. The number of hydrogen-bond donors (Lipinski definition) is 0. The molecule has 17 heavy (non-hydrogen) atoms. The number of pyridine rings is 1.